The Bertz CT molecular complexity index is 1310. The fraction of sp³-hybridized carbons (Fsp3) is 0.304. The minimum absolute atomic E-state index is 0.143. The number of aryl methyl sites for hydroxylation is 2. The third kappa shape index (κ3) is 4.71. The molecule has 0 amide bonds. The van der Waals surface area contributed by atoms with Crippen LogP contribution in [0.2, 0.25) is 0 Å². The van der Waals surface area contributed by atoms with Crippen molar-refractivity contribution in [3.63, 3.8) is 0 Å². The van der Waals surface area contributed by atoms with Gasteiger partial charge in [-0.05, 0) is 60.5 Å². The first kappa shape index (κ1) is 22.8. The van der Waals surface area contributed by atoms with Crippen molar-refractivity contribution in [1.82, 2.24) is 29.6 Å². The van der Waals surface area contributed by atoms with E-state index < -0.39 is 6.10 Å². The molecule has 2 aromatic heterocycles. The molecule has 0 aliphatic heterocycles. The van der Waals surface area contributed by atoms with Crippen LogP contribution in [-0.2, 0) is 7.05 Å². The Balaban J connectivity index is 1.50. The van der Waals surface area contributed by atoms with E-state index >= 15 is 0 Å². The lowest BCUT2D eigenvalue weighted by Crippen LogP contribution is -2.22. The first-order valence-corrected chi connectivity index (χ1v) is 11.5. The number of ether oxygens (including phenoxy) is 1. The number of aliphatic hydroxyl groups excluding tert-OH is 1. The van der Waals surface area contributed by atoms with E-state index in [9.17, 15) is 9.90 Å². The van der Waals surface area contributed by atoms with Gasteiger partial charge in [-0.1, -0.05) is 42.1 Å². The Morgan fingerprint density at radius 3 is 2.64 bits per heavy atom. The second-order valence-corrected chi connectivity index (χ2v) is 8.82. The van der Waals surface area contributed by atoms with Gasteiger partial charge < -0.3 is 9.84 Å². The van der Waals surface area contributed by atoms with E-state index in [0.717, 1.165) is 28.3 Å². The van der Waals surface area contributed by atoms with Crippen molar-refractivity contribution < 1.29 is 9.84 Å². The second-order valence-electron chi connectivity index (χ2n) is 7.83. The molecule has 0 aliphatic carbocycles. The number of rotatable bonds is 8. The lowest BCUT2D eigenvalue weighted by Gasteiger charge is -2.14. The van der Waals surface area contributed by atoms with Crippen molar-refractivity contribution in [2.75, 3.05) is 12.4 Å². The topological polar surface area (TPSA) is 100.0 Å². The number of benzene rings is 2. The van der Waals surface area contributed by atoms with Crippen molar-refractivity contribution in [2.24, 2.45) is 7.05 Å². The highest BCUT2D eigenvalue weighted by Gasteiger charge is 2.22. The van der Waals surface area contributed by atoms with Crippen LogP contribution in [0.4, 0.5) is 0 Å². The highest BCUT2D eigenvalue weighted by Crippen LogP contribution is 2.22. The highest BCUT2D eigenvalue weighted by molar-refractivity contribution is 7.99. The molecule has 9 nitrogen and oxygen atoms in total. The van der Waals surface area contributed by atoms with Gasteiger partial charge in [-0.25, -0.2) is 4.68 Å². The Labute approximate surface area is 195 Å². The predicted octanol–water partition coefficient (Wildman–Crippen LogP) is 2.61. The maximum absolute atomic E-state index is 13.3. The van der Waals surface area contributed by atoms with Gasteiger partial charge >= 0.3 is 0 Å². The first-order chi connectivity index (χ1) is 15.9. The maximum atomic E-state index is 13.3. The summed E-state index contributed by atoms with van der Waals surface area (Å²) in [6.07, 6.45) is -0.738. The Kier molecular flexibility index (Phi) is 6.66. The summed E-state index contributed by atoms with van der Waals surface area (Å²) < 4.78 is 10.6. The summed E-state index contributed by atoms with van der Waals surface area (Å²) in [7, 11) is 1.82. The molecule has 172 valence electrons. The molecule has 1 N–H and O–H groups in total. The molecule has 2 aromatic carbocycles. The highest BCUT2D eigenvalue weighted by atomic mass is 32.2. The second kappa shape index (κ2) is 9.63. The maximum Gasteiger partial charge on any atom is 0.297 e. The number of para-hydroxylation sites is 1. The van der Waals surface area contributed by atoms with Crippen LogP contribution < -0.4 is 10.3 Å². The minimum Gasteiger partial charge on any atom is -0.491 e. The van der Waals surface area contributed by atoms with E-state index in [4.69, 9.17) is 4.74 Å². The van der Waals surface area contributed by atoms with E-state index in [1.807, 2.05) is 76.3 Å². The first-order valence-electron chi connectivity index (χ1n) is 10.5. The third-order valence-electron chi connectivity index (χ3n) is 5.36. The van der Waals surface area contributed by atoms with Crippen LogP contribution in [0.1, 0.15) is 16.8 Å². The van der Waals surface area contributed by atoms with E-state index in [1.165, 1.54) is 16.4 Å². The van der Waals surface area contributed by atoms with Crippen LogP contribution in [0.5, 0.6) is 5.75 Å². The monoisotopic (exact) mass is 466 g/mol. The van der Waals surface area contributed by atoms with Crippen LogP contribution in [0.3, 0.4) is 0 Å². The average Bonchev–Trinajstić information content (AvgIpc) is 3.35. The zero-order valence-electron chi connectivity index (χ0n) is 19.0. The zero-order valence-corrected chi connectivity index (χ0v) is 19.8. The van der Waals surface area contributed by atoms with E-state index in [2.05, 4.69) is 15.5 Å². The van der Waals surface area contributed by atoms with Crippen molar-refractivity contribution >= 4 is 11.8 Å². The Morgan fingerprint density at radius 2 is 1.88 bits per heavy atom. The van der Waals surface area contributed by atoms with Gasteiger partial charge in [0, 0.05) is 12.8 Å². The van der Waals surface area contributed by atoms with Gasteiger partial charge in [-0.15, -0.1) is 5.10 Å². The molecule has 4 aromatic rings. The number of thioether (sulfide) groups is 1. The molecule has 4 rings (SSSR count). The summed E-state index contributed by atoms with van der Waals surface area (Å²) >= 11 is 1.27. The smallest absolute Gasteiger partial charge is 0.297 e. The molecule has 33 heavy (non-hydrogen) atoms. The van der Waals surface area contributed by atoms with Crippen LogP contribution in [0, 0.1) is 20.8 Å². The van der Waals surface area contributed by atoms with Gasteiger partial charge in [0.2, 0.25) is 5.16 Å². The molecule has 0 spiro atoms. The number of hydrogen-bond acceptors (Lipinski definition) is 7. The van der Waals surface area contributed by atoms with E-state index in [1.54, 1.807) is 9.36 Å². The third-order valence-corrected chi connectivity index (χ3v) is 6.42. The molecule has 0 saturated carbocycles. The van der Waals surface area contributed by atoms with Gasteiger partial charge in [0.15, 0.2) is 5.69 Å². The summed E-state index contributed by atoms with van der Waals surface area (Å²) in [5.74, 6) is 1.06. The fourth-order valence-electron chi connectivity index (χ4n) is 3.47. The fourth-order valence-corrected chi connectivity index (χ4v) is 4.26. The largest absolute Gasteiger partial charge is 0.491 e. The summed E-state index contributed by atoms with van der Waals surface area (Å²) in [5, 5.41) is 22.7. The van der Waals surface area contributed by atoms with Crippen molar-refractivity contribution in [3.8, 4) is 17.1 Å². The van der Waals surface area contributed by atoms with E-state index in [-0.39, 0.29) is 12.2 Å². The Morgan fingerprint density at radius 1 is 1.12 bits per heavy atom. The molecule has 0 radical (unpaired) electrons. The molecular formula is C23H26N6O3S. The molecule has 1 atom stereocenters. The van der Waals surface area contributed by atoms with Crippen LogP contribution in [0.15, 0.2) is 58.5 Å². The summed E-state index contributed by atoms with van der Waals surface area (Å²) in [5.41, 5.74) is 3.72. The zero-order chi connectivity index (χ0) is 23.5. The number of aromatic nitrogens is 6. The molecule has 1 unspecified atom stereocenters. The number of tetrazole rings is 1. The number of aliphatic hydroxyl groups is 1. The predicted molar refractivity (Wildman–Crippen MR) is 127 cm³/mol. The van der Waals surface area contributed by atoms with Gasteiger partial charge in [0.1, 0.15) is 12.4 Å². The van der Waals surface area contributed by atoms with Crippen LogP contribution in [0.25, 0.3) is 11.4 Å². The van der Waals surface area contributed by atoms with Crippen LogP contribution in [-0.4, -0.2) is 53.1 Å². The molecule has 0 bridgehead atoms. The van der Waals surface area contributed by atoms with Gasteiger partial charge in [-0.3, -0.25) is 9.48 Å². The average molecular weight is 467 g/mol. The molecule has 2 heterocycles. The lowest BCUT2D eigenvalue weighted by molar-refractivity contribution is 0.126. The summed E-state index contributed by atoms with van der Waals surface area (Å²) in [6, 6.07) is 15.4. The summed E-state index contributed by atoms with van der Waals surface area (Å²) in [4.78, 5) is 13.3. The van der Waals surface area contributed by atoms with Gasteiger partial charge in [0.25, 0.3) is 5.56 Å². The number of nitrogens with zero attached hydrogens (tertiary/aromatic N) is 6. The quantitative estimate of drug-likeness (QED) is 0.399. The summed E-state index contributed by atoms with van der Waals surface area (Å²) in [6.45, 7) is 5.95. The minimum atomic E-state index is -0.738. The van der Waals surface area contributed by atoms with Gasteiger partial charge in [0.05, 0.1) is 17.5 Å². The molecule has 0 saturated heterocycles. The molecule has 0 fully saturated rings. The Hall–Kier alpha value is -3.37. The molecule has 0 aliphatic rings. The standard InChI is InChI=1S/C23H26N6O3S/c1-15-10-11-16(2)20(12-15)32-13-19(30)14-33-23-24-25-26-28(23)21-17(3)27(4)29(22(21)31)18-8-6-5-7-9-18/h5-12,19,30H,13-14H2,1-4H3. The molecule has 10 heteroatoms. The molecular weight excluding hydrogens is 440 g/mol. The lowest BCUT2D eigenvalue weighted by atomic mass is 10.1. The normalized spacial score (nSPS) is 12.2. The van der Waals surface area contributed by atoms with Crippen molar-refractivity contribution in [3.05, 3.63) is 75.7 Å². The SMILES string of the molecule is Cc1ccc(C)c(OCC(O)CSc2nnnn2-c2c(C)n(C)n(-c3ccccc3)c2=O)c1. The van der Waals surface area contributed by atoms with E-state index in [0.29, 0.717) is 16.6 Å². The van der Waals surface area contributed by atoms with Crippen LogP contribution >= 0.6 is 11.8 Å². The number of hydrogen-bond donors (Lipinski definition) is 1. The van der Waals surface area contributed by atoms with Gasteiger partial charge in [-0.2, -0.15) is 4.68 Å². The van der Waals surface area contributed by atoms with Crippen molar-refractivity contribution in [1.29, 1.82) is 0 Å². The van der Waals surface area contributed by atoms with Crippen molar-refractivity contribution in [2.45, 2.75) is 32.0 Å².